The van der Waals surface area contributed by atoms with Crippen LogP contribution in [0.3, 0.4) is 0 Å². The second-order valence-corrected chi connectivity index (χ2v) is 11.8. The smallest absolute Gasteiger partial charge is 0.264 e. The lowest BCUT2D eigenvalue weighted by Crippen LogP contribution is -2.51. The Labute approximate surface area is 247 Å². The number of amides is 2. The third-order valence-electron chi connectivity index (χ3n) is 6.50. The van der Waals surface area contributed by atoms with Gasteiger partial charge in [0.15, 0.2) is 0 Å². The highest BCUT2D eigenvalue weighted by Gasteiger charge is 2.34. The summed E-state index contributed by atoms with van der Waals surface area (Å²) in [6.07, 6.45) is 0.722. The third kappa shape index (κ3) is 7.92. The average molecular weight is 602 g/mol. The van der Waals surface area contributed by atoms with Crippen LogP contribution in [0.1, 0.15) is 31.4 Å². The van der Waals surface area contributed by atoms with Crippen LogP contribution in [0, 0.1) is 6.92 Å². The summed E-state index contributed by atoms with van der Waals surface area (Å²) < 4.78 is 39.8. The largest absolute Gasteiger partial charge is 0.497 e. The van der Waals surface area contributed by atoms with Crippen molar-refractivity contribution < 1.29 is 27.5 Å². The van der Waals surface area contributed by atoms with Gasteiger partial charge in [-0.15, -0.1) is 0 Å². The third-order valence-corrected chi connectivity index (χ3v) is 8.51. The number of methoxy groups -OCH3 is 2. The number of nitrogens with zero attached hydrogens (tertiary/aromatic N) is 2. The molecule has 0 radical (unpaired) electrons. The molecule has 0 aliphatic carbocycles. The minimum atomic E-state index is -4.27. The summed E-state index contributed by atoms with van der Waals surface area (Å²) in [5.74, 6) is -0.141. The number of benzene rings is 3. The highest BCUT2D eigenvalue weighted by atomic mass is 35.5. The maximum atomic E-state index is 14.1. The first-order valence-corrected chi connectivity index (χ1v) is 15.0. The molecule has 0 aromatic heterocycles. The number of hydrogen-bond donors (Lipinski definition) is 1. The molecule has 2 amide bonds. The van der Waals surface area contributed by atoms with Gasteiger partial charge in [-0.3, -0.25) is 13.9 Å². The minimum absolute atomic E-state index is 0.00832. The van der Waals surface area contributed by atoms with Crippen LogP contribution in [-0.4, -0.2) is 58.5 Å². The molecule has 0 fully saturated rings. The Hall–Kier alpha value is -3.76. The normalized spacial score (nSPS) is 11.9. The van der Waals surface area contributed by atoms with E-state index in [1.54, 1.807) is 49.4 Å². The maximum absolute atomic E-state index is 14.1. The molecule has 220 valence electrons. The van der Waals surface area contributed by atoms with Gasteiger partial charge >= 0.3 is 0 Å². The fourth-order valence-electron chi connectivity index (χ4n) is 4.15. The van der Waals surface area contributed by atoms with Gasteiger partial charge in [0, 0.05) is 18.1 Å². The standard InChI is InChI=1S/C30H36ClN3O6S/c1-6-16-32-30(36)22(3)33(19-23-8-7-9-25(17-23)39-4)29(35)20-34(27-18-24(31)12-15-28(27)40-5)41(37,38)26-13-10-21(2)11-14-26/h7-15,17-18,22H,6,16,19-20H2,1-5H3,(H,32,36)/t22-/m1/s1. The first kappa shape index (κ1) is 31.8. The van der Waals surface area contributed by atoms with Gasteiger partial charge in [0.2, 0.25) is 11.8 Å². The first-order valence-electron chi connectivity index (χ1n) is 13.1. The van der Waals surface area contributed by atoms with Crippen LogP contribution in [0.5, 0.6) is 11.5 Å². The highest BCUT2D eigenvalue weighted by molar-refractivity contribution is 7.92. The zero-order valence-electron chi connectivity index (χ0n) is 23.9. The number of anilines is 1. The second-order valence-electron chi connectivity index (χ2n) is 9.48. The Morgan fingerprint density at radius 3 is 2.34 bits per heavy atom. The predicted octanol–water partition coefficient (Wildman–Crippen LogP) is 4.80. The van der Waals surface area contributed by atoms with Crippen molar-refractivity contribution in [1.82, 2.24) is 10.2 Å². The summed E-state index contributed by atoms with van der Waals surface area (Å²) in [6, 6.07) is 17.1. The summed E-state index contributed by atoms with van der Waals surface area (Å²) in [7, 11) is -1.33. The molecule has 0 saturated heterocycles. The van der Waals surface area contributed by atoms with Gasteiger partial charge in [-0.25, -0.2) is 8.42 Å². The molecular formula is C30H36ClN3O6S. The van der Waals surface area contributed by atoms with Gasteiger partial charge < -0.3 is 19.7 Å². The molecule has 1 N–H and O–H groups in total. The van der Waals surface area contributed by atoms with Crippen molar-refractivity contribution >= 4 is 39.1 Å². The van der Waals surface area contributed by atoms with Crippen molar-refractivity contribution in [3.63, 3.8) is 0 Å². The van der Waals surface area contributed by atoms with E-state index in [1.165, 1.54) is 43.4 Å². The maximum Gasteiger partial charge on any atom is 0.264 e. The second kappa shape index (κ2) is 14.2. The fourth-order valence-corrected chi connectivity index (χ4v) is 5.74. The lowest BCUT2D eigenvalue weighted by molar-refractivity contribution is -0.139. The monoisotopic (exact) mass is 601 g/mol. The van der Waals surface area contributed by atoms with Crippen molar-refractivity contribution in [2.45, 2.75) is 44.7 Å². The number of aryl methyl sites for hydroxylation is 1. The molecule has 1 atom stereocenters. The number of rotatable bonds is 13. The van der Waals surface area contributed by atoms with Gasteiger partial charge in [-0.05, 0) is 68.3 Å². The quantitative estimate of drug-likeness (QED) is 0.302. The molecule has 3 rings (SSSR count). The first-order chi connectivity index (χ1) is 19.5. The van der Waals surface area contributed by atoms with E-state index in [4.69, 9.17) is 21.1 Å². The zero-order valence-corrected chi connectivity index (χ0v) is 25.5. The molecule has 0 aliphatic rings. The molecule has 9 nitrogen and oxygen atoms in total. The van der Waals surface area contributed by atoms with Crippen LogP contribution in [-0.2, 0) is 26.2 Å². The number of sulfonamides is 1. The Morgan fingerprint density at radius 1 is 1.00 bits per heavy atom. The van der Waals surface area contributed by atoms with Gasteiger partial charge in [0.05, 0.1) is 24.8 Å². The molecule has 0 heterocycles. The highest BCUT2D eigenvalue weighted by Crippen LogP contribution is 2.35. The number of halogens is 1. The van der Waals surface area contributed by atoms with E-state index in [0.717, 1.165) is 16.3 Å². The van der Waals surface area contributed by atoms with Crippen molar-refractivity contribution in [3.05, 3.63) is 82.9 Å². The Kier molecular flexibility index (Phi) is 11.0. The fraction of sp³-hybridized carbons (Fsp3) is 0.333. The molecule has 0 unspecified atom stereocenters. The summed E-state index contributed by atoms with van der Waals surface area (Å²) in [6.45, 7) is 5.26. The van der Waals surface area contributed by atoms with Gasteiger partial charge in [0.1, 0.15) is 24.1 Å². The summed E-state index contributed by atoms with van der Waals surface area (Å²) in [5.41, 5.74) is 1.68. The molecule has 0 saturated carbocycles. The summed E-state index contributed by atoms with van der Waals surface area (Å²) in [4.78, 5) is 28.4. The zero-order chi connectivity index (χ0) is 30.2. The molecule has 3 aromatic rings. The van der Waals surface area contributed by atoms with Crippen molar-refractivity contribution in [2.75, 3.05) is 31.6 Å². The van der Waals surface area contributed by atoms with E-state index in [0.29, 0.717) is 17.9 Å². The van der Waals surface area contributed by atoms with Crippen molar-refractivity contribution in [2.24, 2.45) is 0 Å². The number of ether oxygens (including phenoxy) is 2. The molecular weight excluding hydrogens is 566 g/mol. The molecule has 3 aromatic carbocycles. The van der Waals surface area contributed by atoms with Crippen molar-refractivity contribution in [3.8, 4) is 11.5 Å². The molecule has 0 bridgehead atoms. The summed E-state index contributed by atoms with van der Waals surface area (Å²) >= 11 is 6.27. The van der Waals surface area contributed by atoms with E-state index in [-0.39, 0.29) is 33.8 Å². The van der Waals surface area contributed by atoms with E-state index in [2.05, 4.69) is 5.32 Å². The van der Waals surface area contributed by atoms with E-state index in [9.17, 15) is 18.0 Å². The van der Waals surface area contributed by atoms with Gasteiger partial charge in [-0.2, -0.15) is 0 Å². The van der Waals surface area contributed by atoms with E-state index < -0.39 is 28.5 Å². The number of nitrogens with one attached hydrogen (secondary N) is 1. The van der Waals surface area contributed by atoms with Crippen LogP contribution in [0.25, 0.3) is 0 Å². The summed E-state index contributed by atoms with van der Waals surface area (Å²) in [5, 5.41) is 3.08. The van der Waals surface area contributed by atoms with Gasteiger partial charge in [-0.1, -0.05) is 48.4 Å². The Balaban J connectivity index is 2.10. The SMILES string of the molecule is CCCNC(=O)[C@@H](C)N(Cc1cccc(OC)c1)C(=O)CN(c1cc(Cl)ccc1OC)S(=O)(=O)c1ccc(C)cc1. The van der Waals surface area contributed by atoms with E-state index >= 15 is 0 Å². The topological polar surface area (TPSA) is 105 Å². The van der Waals surface area contributed by atoms with E-state index in [1.807, 2.05) is 13.8 Å². The number of hydrogen-bond acceptors (Lipinski definition) is 6. The number of carbonyl (C=O) groups excluding carboxylic acids is 2. The Morgan fingerprint density at radius 2 is 1.71 bits per heavy atom. The Bertz CT molecular complexity index is 1460. The molecule has 0 aliphatic heterocycles. The minimum Gasteiger partial charge on any atom is -0.497 e. The predicted molar refractivity (Wildman–Crippen MR) is 160 cm³/mol. The van der Waals surface area contributed by atoms with Crippen LogP contribution < -0.4 is 19.1 Å². The lowest BCUT2D eigenvalue weighted by atomic mass is 10.1. The average Bonchev–Trinajstić information content (AvgIpc) is 2.97. The molecule has 41 heavy (non-hydrogen) atoms. The lowest BCUT2D eigenvalue weighted by Gasteiger charge is -2.32. The number of carbonyl (C=O) groups is 2. The van der Waals surface area contributed by atoms with Crippen LogP contribution in [0.2, 0.25) is 5.02 Å². The molecule has 0 spiro atoms. The van der Waals surface area contributed by atoms with Crippen LogP contribution in [0.15, 0.2) is 71.6 Å². The van der Waals surface area contributed by atoms with Gasteiger partial charge in [0.25, 0.3) is 10.0 Å². The molecule has 11 heteroatoms. The van der Waals surface area contributed by atoms with Crippen LogP contribution in [0.4, 0.5) is 5.69 Å². The van der Waals surface area contributed by atoms with Crippen molar-refractivity contribution in [1.29, 1.82) is 0 Å². The van der Waals surface area contributed by atoms with Crippen LogP contribution >= 0.6 is 11.6 Å².